The fourth-order valence-corrected chi connectivity index (χ4v) is 4.72. The van der Waals surface area contributed by atoms with E-state index >= 15 is 0 Å². The fraction of sp³-hybridized carbons (Fsp3) is 0.200. The van der Waals surface area contributed by atoms with E-state index in [2.05, 4.69) is 4.74 Å². The van der Waals surface area contributed by atoms with Crippen molar-refractivity contribution in [3.8, 4) is 6.07 Å². The number of allylic oxidation sites excluding steroid dienone is 1. The van der Waals surface area contributed by atoms with Gasteiger partial charge in [0.1, 0.15) is 11.5 Å². The summed E-state index contributed by atoms with van der Waals surface area (Å²) in [4.78, 5) is 50.2. The number of anilines is 1. The van der Waals surface area contributed by atoms with Gasteiger partial charge in [-0.1, -0.05) is 30.3 Å². The number of nitro benzene ring substituents is 1. The number of hydrogen-bond acceptors (Lipinski definition) is 12. The molecular weight excluding hydrogens is 516 g/mol. The maximum absolute atomic E-state index is 13.1. The average molecular weight is 539 g/mol. The number of nitrogens with zero attached hydrogens (tertiary/aromatic N) is 3. The number of benzene rings is 2. The van der Waals surface area contributed by atoms with Gasteiger partial charge in [0, 0.05) is 6.07 Å². The Kier molecular flexibility index (Phi) is 8.72. The van der Waals surface area contributed by atoms with Crippen LogP contribution in [-0.2, 0) is 28.6 Å². The van der Waals surface area contributed by atoms with Crippen LogP contribution >= 0.6 is 11.8 Å². The summed E-state index contributed by atoms with van der Waals surface area (Å²) in [6.07, 6.45) is 0. The van der Waals surface area contributed by atoms with Gasteiger partial charge in [-0.05, 0) is 17.7 Å². The third-order valence-electron chi connectivity index (χ3n) is 5.58. The molecule has 13 heteroatoms. The van der Waals surface area contributed by atoms with Crippen molar-refractivity contribution in [2.45, 2.75) is 10.8 Å². The van der Waals surface area contributed by atoms with Crippen LogP contribution in [0.15, 0.2) is 76.1 Å². The van der Waals surface area contributed by atoms with Crippen LogP contribution in [0.4, 0.5) is 11.4 Å². The summed E-state index contributed by atoms with van der Waals surface area (Å²) in [5.41, 5.74) is 5.80. The van der Waals surface area contributed by atoms with Crippen LogP contribution in [0.3, 0.4) is 0 Å². The molecule has 1 aliphatic heterocycles. The van der Waals surface area contributed by atoms with Crippen molar-refractivity contribution in [1.82, 2.24) is 0 Å². The van der Waals surface area contributed by atoms with E-state index < -0.39 is 34.4 Å². The predicted octanol–water partition coefficient (Wildman–Crippen LogP) is 2.76. The molecule has 12 nitrogen and oxygen atoms in total. The molecule has 2 aromatic carbocycles. The Bertz CT molecular complexity index is 1400. The molecule has 0 saturated carbocycles. The van der Waals surface area contributed by atoms with Gasteiger partial charge in [-0.2, -0.15) is 5.26 Å². The summed E-state index contributed by atoms with van der Waals surface area (Å²) in [5.74, 6) is -4.00. The molecule has 2 aromatic rings. The van der Waals surface area contributed by atoms with Crippen LogP contribution in [-0.4, -0.2) is 49.9 Å². The molecule has 0 bridgehead atoms. The maximum atomic E-state index is 13.1. The number of nitriles is 1. The number of thioether (sulfide) groups is 1. The minimum atomic E-state index is -1.08. The fourth-order valence-electron chi connectivity index (χ4n) is 3.89. The number of nitro groups is 1. The lowest BCUT2D eigenvalue weighted by molar-refractivity contribution is -0.387. The first-order chi connectivity index (χ1) is 18.2. The predicted molar refractivity (Wildman–Crippen MR) is 135 cm³/mol. The van der Waals surface area contributed by atoms with E-state index in [9.17, 15) is 29.8 Å². The molecule has 0 aromatic heterocycles. The van der Waals surface area contributed by atoms with Crippen molar-refractivity contribution >= 4 is 41.0 Å². The topological polar surface area (TPSA) is 175 Å². The molecule has 0 spiro atoms. The summed E-state index contributed by atoms with van der Waals surface area (Å²) < 4.78 is 14.5. The summed E-state index contributed by atoms with van der Waals surface area (Å²) in [6.45, 7) is 0. The number of rotatable bonds is 8. The molecule has 0 aliphatic carbocycles. The van der Waals surface area contributed by atoms with Gasteiger partial charge in [0.15, 0.2) is 0 Å². The lowest BCUT2D eigenvalue weighted by Gasteiger charge is -2.35. The summed E-state index contributed by atoms with van der Waals surface area (Å²) >= 11 is 0.880. The standard InChI is InChI=1S/C25H22N4O8S/c1-35-19(30)13-38-18-10-9-15(11-17(18)29(33)34)28-22(25(32)37-3)21(24(31)36-2)20(16(12-26)23(28)27)14-7-5-4-6-8-14/h4-11,20H,13,27H2,1-3H3. The van der Waals surface area contributed by atoms with Crippen LogP contribution in [0.5, 0.6) is 0 Å². The van der Waals surface area contributed by atoms with Gasteiger partial charge >= 0.3 is 17.9 Å². The third kappa shape index (κ3) is 5.30. The molecular formula is C25H22N4O8S. The second-order valence-corrected chi connectivity index (χ2v) is 8.63. The number of esters is 3. The minimum Gasteiger partial charge on any atom is -0.468 e. The third-order valence-corrected chi connectivity index (χ3v) is 6.62. The average Bonchev–Trinajstić information content (AvgIpc) is 2.94. The largest absolute Gasteiger partial charge is 0.468 e. The zero-order valence-corrected chi connectivity index (χ0v) is 21.3. The van der Waals surface area contributed by atoms with Crippen LogP contribution in [0.2, 0.25) is 0 Å². The highest BCUT2D eigenvalue weighted by Gasteiger charge is 2.43. The zero-order valence-electron chi connectivity index (χ0n) is 20.5. The second-order valence-electron chi connectivity index (χ2n) is 7.61. The Balaban J connectivity index is 2.32. The van der Waals surface area contributed by atoms with Gasteiger partial charge in [-0.15, -0.1) is 11.8 Å². The van der Waals surface area contributed by atoms with Gasteiger partial charge in [0.25, 0.3) is 5.69 Å². The van der Waals surface area contributed by atoms with Gasteiger partial charge in [-0.25, -0.2) is 9.59 Å². The maximum Gasteiger partial charge on any atom is 0.355 e. The van der Waals surface area contributed by atoms with Crippen molar-refractivity contribution in [3.63, 3.8) is 0 Å². The van der Waals surface area contributed by atoms with Crippen LogP contribution < -0.4 is 10.6 Å². The first-order valence-electron chi connectivity index (χ1n) is 10.8. The van der Waals surface area contributed by atoms with E-state index in [-0.39, 0.29) is 39.0 Å². The molecule has 3 rings (SSSR count). The van der Waals surface area contributed by atoms with Gasteiger partial charge in [0.05, 0.1) is 65.7 Å². The molecule has 1 heterocycles. The zero-order chi connectivity index (χ0) is 28.0. The highest BCUT2D eigenvalue weighted by atomic mass is 32.2. The molecule has 0 radical (unpaired) electrons. The van der Waals surface area contributed by atoms with Gasteiger partial charge in [0.2, 0.25) is 0 Å². The quantitative estimate of drug-likeness (QED) is 0.171. The second kappa shape index (κ2) is 11.9. The molecule has 2 N–H and O–H groups in total. The molecule has 1 aliphatic rings. The number of nitrogens with two attached hydrogens (primary N) is 1. The summed E-state index contributed by atoms with van der Waals surface area (Å²) in [7, 11) is 3.40. The Morgan fingerprint density at radius 2 is 1.74 bits per heavy atom. The Labute approximate surface area is 221 Å². The summed E-state index contributed by atoms with van der Waals surface area (Å²) in [5, 5.41) is 22.0. The molecule has 1 atom stereocenters. The van der Waals surface area contributed by atoms with Crippen LogP contribution in [0, 0.1) is 21.4 Å². The number of ether oxygens (including phenoxy) is 3. The van der Waals surface area contributed by atoms with Crippen molar-refractivity contribution in [3.05, 3.63) is 86.9 Å². The molecule has 38 heavy (non-hydrogen) atoms. The first-order valence-corrected chi connectivity index (χ1v) is 11.8. The lowest BCUT2D eigenvalue weighted by Crippen LogP contribution is -2.40. The van der Waals surface area contributed by atoms with Gasteiger partial charge in [-0.3, -0.25) is 19.8 Å². The van der Waals surface area contributed by atoms with Crippen LogP contribution in [0.25, 0.3) is 0 Å². The SMILES string of the molecule is COC(=O)CSc1ccc(N2C(N)=C(C#N)C(c3ccccc3)C(C(=O)OC)=C2C(=O)OC)cc1[N+](=O)[O-]. The van der Waals surface area contributed by atoms with E-state index in [1.807, 2.05) is 6.07 Å². The molecule has 1 unspecified atom stereocenters. The summed E-state index contributed by atoms with van der Waals surface area (Å²) in [6, 6.07) is 14.3. The van der Waals surface area contributed by atoms with Crippen LogP contribution in [0.1, 0.15) is 11.5 Å². The number of carbonyl (C=O) groups is 3. The van der Waals surface area contributed by atoms with E-state index in [1.165, 1.54) is 19.2 Å². The molecule has 0 fully saturated rings. The Morgan fingerprint density at radius 3 is 2.29 bits per heavy atom. The van der Waals surface area contributed by atoms with E-state index in [0.29, 0.717) is 5.56 Å². The molecule has 0 saturated heterocycles. The Hall–Kier alpha value is -4.83. The van der Waals surface area contributed by atoms with Crippen molar-refractivity contribution < 1.29 is 33.5 Å². The van der Waals surface area contributed by atoms with Gasteiger partial charge < -0.3 is 19.9 Å². The van der Waals surface area contributed by atoms with Crippen molar-refractivity contribution in [1.29, 1.82) is 5.26 Å². The number of carbonyl (C=O) groups excluding carboxylic acids is 3. The van der Waals surface area contributed by atoms with Crippen molar-refractivity contribution in [2.75, 3.05) is 32.0 Å². The van der Waals surface area contributed by atoms with Crippen molar-refractivity contribution in [2.24, 2.45) is 5.73 Å². The number of methoxy groups -OCH3 is 3. The molecule has 196 valence electrons. The highest BCUT2D eigenvalue weighted by molar-refractivity contribution is 8.00. The number of hydrogen-bond donors (Lipinski definition) is 1. The smallest absolute Gasteiger partial charge is 0.355 e. The monoisotopic (exact) mass is 538 g/mol. The molecule has 0 amide bonds. The Morgan fingerprint density at radius 1 is 1.08 bits per heavy atom. The van der Waals surface area contributed by atoms with E-state index in [1.54, 1.807) is 30.3 Å². The van der Waals surface area contributed by atoms with E-state index in [0.717, 1.165) is 36.9 Å². The lowest BCUT2D eigenvalue weighted by atomic mass is 9.81. The van der Waals surface area contributed by atoms with E-state index in [4.69, 9.17) is 15.2 Å². The highest BCUT2D eigenvalue weighted by Crippen LogP contribution is 2.44. The normalized spacial score (nSPS) is 15.0. The first kappa shape index (κ1) is 27.8. The minimum absolute atomic E-state index is 0.00215.